The monoisotopic (exact) mass is 636 g/mol. The Labute approximate surface area is 285 Å². The zero-order valence-electron chi connectivity index (χ0n) is 32.0. The molecule has 0 atom stereocenters. The molecule has 0 saturated carbocycles. The molecule has 45 heavy (non-hydrogen) atoms. The van der Waals surface area contributed by atoms with E-state index in [4.69, 9.17) is 0 Å². The second-order valence-corrected chi connectivity index (χ2v) is 15.0. The summed E-state index contributed by atoms with van der Waals surface area (Å²) in [6, 6.07) is 0. The van der Waals surface area contributed by atoms with Gasteiger partial charge in [0.1, 0.15) is 0 Å². The lowest BCUT2D eigenvalue weighted by molar-refractivity contribution is -0.131. The van der Waals surface area contributed by atoms with Crippen LogP contribution >= 0.6 is 0 Å². The fourth-order valence-electron chi connectivity index (χ4n) is 6.57. The van der Waals surface area contributed by atoms with Crippen LogP contribution in [0.1, 0.15) is 206 Å². The molecule has 0 saturated heterocycles. The Balaban J connectivity index is 3.49. The summed E-state index contributed by atoms with van der Waals surface area (Å²) >= 11 is 0. The first-order valence-electron chi connectivity index (χ1n) is 20.5. The normalized spacial score (nSPS) is 11.7. The van der Waals surface area contributed by atoms with Crippen LogP contribution < -0.4 is 0 Å². The van der Waals surface area contributed by atoms with Crippen molar-refractivity contribution in [3.05, 3.63) is 0 Å². The molecule has 0 aliphatic carbocycles. The maximum Gasteiger partial charge on any atom is 0.222 e. The van der Waals surface area contributed by atoms with E-state index in [-0.39, 0.29) is 0 Å². The van der Waals surface area contributed by atoms with Crippen LogP contribution in [-0.2, 0) is 4.79 Å². The van der Waals surface area contributed by atoms with Gasteiger partial charge in [-0.15, -0.1) is 0 Å². The molecule has 4 heteroatoms. The lowest BCUT2D eigenvalue weighted by atomic mass is 10.0. The van der Waals surface area contributed by atoms with Crippen LogP contribution in [0.15, 0.2) is 0 Å². The Morgan fingerprint density at radius 3 is 0.844 bits per heavy atom. The summed E-state index contributed by atoms with van der Waals surface area (Å²) < 4.78 is 0. The highest BCUT2D eigenvalue weighted by atomic mass is 16.2. The summed E-state index contributed by atoms with van der Waals surface area (Å²) in [5, 5.41) is 0. The van der Waals surface area contributed by atoms with Crippen molar-refractivity contribution in [2.75, 3.05) is 54.4 Å². The van der Waals surface area contributed by atoms with Gasteiger partial charge in [0.2, 0.25) is 5.91 Å². The van der Waals surface area contributed by atoms with E-state index in [1.54, 1.807) is 0 Å². The summed E-state index contributed by atoms with van der Waals surface area (Å²) in [6.07, 6.45) is 42.2. The van der Waals surface area contributed by atoms with Crippen molar-refractivity contribution >= 4 is 5.91 Å². The Morgan fingerprint density at radius 2 is 0.578 bits per heavy atom. The van der Waals surface area contributed by atoms with Crippen molar-refractivity contribution in [3.63, 3.8) is 0 Å². The van der Waals surface area contributed by atoms with E-state index in [9.17, 15) is 4.79 Å². The van der Waals surface area contributed by atoms with Crippen molar-refractivity contribution < 1.29 is 4.79 Å². The molecule has 0 radical (unpaired) electrons. The highest BCUT2D eigenvalue weighted by molar-refractivity contribution is 5.76. The first kappa shape index (κ1) is 44.4. The average molecular weight is 636 g/mol. The molecule has 0 aliphatic rings. The van der Waals surface area contributed by atoms with Crippen LogP contribution in [0.25, 0.3) is 0 Å². The van der Waals surface area contributed by atoms with E-state index in [1.807, 2.05) is 0 Å². The quantitative estimate of drug-likeness (QED) is 0.0635. The number of hydrogen-bond acceptors (Lipinski definition) is 3. The van der Waals surface area contributed by atoms with Gasteiger partial charge in [0.25, 0.3) is 0 Å². The molecule has 0 rings (SSSR count). The summed E-state index contributed by atoms with van der Waals surface area (Å²) in [7, 11) is 8.53. The van der Waals surface area contributed by atoms with E-state index in [0.29, 0.717) is 5.91 Å². The van der Waals surface area contributed by atoms with Crippen molar-refractivity contribution in [2.45, 2.75) is 206 Å². The molecule has 1 amide bonds. The molecule has 0 aromatic carbocycles. The minimum absolute atomic E-state index is 0.397. The van der Waals surface area contributed by atoms with Gasteiger partial charge in [0, 0.05) is 19.5 Å². The molecule has 0 unspecified atom stereocenters. The second kappa shape index (κ2) is 36.2. The Bertz CT molecular complexity index is 563. The van der Waals surface area contributed by atoms with E-state index in [2.05, 4.69) is 49.8 Å². The first-order valence-corrected chi connectivity index (χ1v) is 20.5. The molecular weight excluding hydrogens is 550 g/mol. The zero-order valence-corrected chi connectivity index (χ0v) is 32.0. The lowest BCUT2D eigenvalue weighted by Crippen LogP contribution is -2.33. The predicted octanol–water partition coefficient (Wildman–Crippen LogP) is 12.1. The SMILES string of the molecule is CCCCCCCCCCCCCCCCCCCCCCCCCCCCC(=O)N(CCCCN(C)C)CCCCN(C)C. The van der Waals surface area contributed by atoms with Gasteiger partial charge in [0.05, 0.1) is 0 Å². The van der Waals surface area contributed by atoms with Gasteiger partial charge < -0.3 is 14.7 Å². The van der Waals surface area contributed by atoms with Crippen molar-refractivity contribution in [2.24, 2.45) is 0 Å². The largest absolute Gasteiger partial charge is 0.343 e. The van der Waals surface area contributed by atoms with Gasteiger partial charge in [-0.05, 0) is 73.4 Å². The second-order valence-electron chi connectivity index (χ2n) is 15.0. The molecular formula is C41H85N3O. The van der Waals surface area contributed by atoms with E-state index in [0.717, 1.165) is 51.9 Å². The van der Waals surface area contributed by atoms with Gasteiger partial charge in [-0.25, -0.2) is 0 Å². The molecule has 0 aromatic heterocycles. The van der Waals surface area contributed by atoms with Gasteiger partial charge in [-0.2, -0.15) is 0 Å². The summed E-state index contributed by atoms with van der Waals surface area (Å²) in [5.41, 5.74) is 0. The van der Waals surface area contributed by atoms with Gasteiger partial charge in [0.15, 0.2) is 0 Å². The number of carbonyl (C=O) groups is 1. The average Bonchev–Trinajstić information content (AvgIpc) is 3.01. The Morgan fingerprint density at radius 1 is 0.333 bits per heavy atom. The van der Waals surface area contributed by atoms with Crippen LogP contribution in [0.3, 0.4) is 0 Å². The highest BCUT2D eigenvalue weighted by Gasteiger charge is 2.13. The number of unbranched alkanes of at least 4 members (excludes halogenated alkanes) is 27. The molecule has 0 N–H and O–H groups in total. The van der Waals surface area contributed by atoms with Crippen molar-refractivity contribution in [1.82, 2.24) is 14.7 Å². The topological polar surface area (TPSA) is 26.8 Å². The number of amides is 1. The highest BCUT2D eigenvalue weighted by Crippen LogP contribution is 2.16. The molecule has 0 bridgehead atoms. The van der Waals surface area contributed by atoms with Crippen LogP contribution in [0, 0.1) is 0 Å². The minimum atomic E-state index is 0.397. The van der Waals surface area contributed by atoms with Crippen LogP contribution in [0.4, 0.5) is 0 Å². The number of hydrogen-bond donors (Lipinski definition) is 0. The molecule has 4 nitrogen and oxygen atoms in total. The summed E-state index contributed by atoms with van der Waals surface area (Å²) in [5.74, 6) is 0.397. The number of carbonyl (C=O) groups excluding carboxylic acids is 1. The maximum absolute atomic E-state index is 12.9. The van der Waals surface area contributed by atoms with Crippen molar-refractivity contribution in [3.8, 4) is 0 Å². The summed E-state index contributed by atoms with van der Waals surface area (Å²) in [6.45, 7) is 6.41. The standard InChI is InChI=1S/C41H85N3O/c1-6-7-8-9-10-11-12-13-14-15-16-17-18-19-20-21-22-23-24-25-26-27-28-29-30-31-36-41(45)44(39-34-32-37-42(2)3)40-35-33-38-43(4)5/h6-40H2,1-5H3. The molecule has 0 aromatic rings. The van der Waals surface area contributed by atoms with Crippen molar-refractivity contribution in [1.29, 1.82) is 0 Å². The van der Waals surface area contributed by atoms with Gasteiger partial charge in [-0.3, -0.25) is 4.79 Å². The Kier molecular flexibility index (Phi) is 35.7. The fraction of sp³-hybridized carbons (Fsp3) is 0.976. The third-order valence-electron chi connectivity index (χ3n) is 9.66. The van der Waals surface area contributed by atoms with Crippen LogP contribution in [0.5, 0.6) is 0 Å². The van der Waals surface area contributed by atoms with E-state index < -0.39 is 0 Å². The van der Waals surface area contributed by atoms with Crippen LogP contribution in [-0.4, -0.2) is 75.0 Å². The molecule has 270 valence electrons. The number of nitrogens with zero attached hydrogens (tertiary/aromatic N) is 3. The minimum Gasteiger partial charge on any atom is -0.343 e. The third kappa shape index (κ3) is 36.1. The Hall–Kier alpha value is -0.610. The third-order valence-corrected chi connectivity index (χ3v) is 9.66. The molecule has 0 fully saturated rings. The first-order chi connectivity index (χ1) is 22.0. The predicted molar refractivity (Wildman–Crippen MR) is 202 cm³/mol. The molecule has 0 heterocycles. The van der Waals surface area contributed by atoms with Gasteiger partial charge in [-0.1, -0.05) is 167 Å². The van der Waals surface area contributed by atoms with E-state index in [1.165, 1.54) is 173 Å². The van der Waals surface area contributed by atoms with E-state index >= 15 is 0 Å². The fourth-order valence-corrected chi connectivity index (χ4v) is 6.57. The van der Waals surface area contributed by atoms with Gasteiger partial charge >= 0.3 is 0 Å². The lowest BCUT2D eigenvalue weighted by Gasteiger charge is -2.23. The molecule has 0 aliphatic heterocycles. The maximum atomic E-state index is 12.9. The molecule has 0 spiro atoms. The van der Waals surface area contributed by atoms with Crippen LogP contribution in [0.2, 0.25) is 0 Å². The summed E-state index contributed by atoms with van der Waals surface area (Å²) in [4.78, 5) is 19.6. The zero-order chi connectivity index (χ0) is 33.1. The number of rotatable bonds is 37. The smallest absolute Gasteiger partial charge is 0.222 e.